The number of rotatable bonds is 6. The fourth-order valence-corrected chi connectivity index (χ4v) is 2.25. The molecule has 8 heteroatoms. The van der Waals surface area contributed by atoms with Gasteiger partial charge in [0.25, 0.3) is 5.91 Å². The van der Waals surface area contributed by atoms with E-state index in [1.54, 1.807) is 35.9 Å². The summed E-state index contributed by atoms with van der Waals surface area (Å²) < 4.78 is 7.96. The lowest BCUT2D eigenvalue weighted by atomic mass is 10.1. The van der Waals surface area contributed by atoms with Crippen LogP contribution >= 0.6 is 12.2 Å². The van der Waals surface area contributed by atoms with E-state index in [1.165, 1.54) is 0 Å². The van der Waals surface area contributed by atoms with E-state index >= 15 is 0 Å². The number of aromatic nitrogens is 3. The summed E-state index contributed by atoms with van der Waals surface area (Å²) in [4.78, 5) is 12.5. The summed E-state index contributed by atoms with van der Waals surface area (Å²) in [6.07, 6.45) is -0.716. The molecule has 1 atom stereocenters. The van der Waals surface area contributed by atoms with Crippen molar-refractivity contribution >= 4 is 18.1 Å². The lowest BCUT2D eigenvalue weighted by Crippen LogP contribution is -2.41. The minimum absolute atomic E-state index is 0.0702. The van der Waals surface area contributed by atoms with Gasteiger partial charge in [0.15, 0.2) is 16.7 Å². The summed E-state index contributed by atoms with van der Waals surface area (Å²) in [6, 6.07) is 8.91. The summed E-state index contributed by atoms with van der Waals surface area (Å²) in [7, 11) is 1.77. The third-order valence-corrected chi connectivity index (χ3v) is 3.88. The molecule has 1 aromatic heterocycles. The van der Waals surface area contributed by atoms with E-state index < -0.39 is 6.10 Å². The number of aromatic amines is 1. The van der Waals surface area contributed by atoms with Crippen LogP contribution in [0.15, 0.2) is 24.3 Å². The third-order valence-electron chi connectivity index (χ3n) is 3.52. The van der Waals surface area contributed by atoms with Gasteiger partial charge in [-0.05, 0) is 30.3 Å². The Kier molecular flexibility index (Phi) is 5.71. The van der Waals surface area contributed by atoms with Crippen LogP contribution in [-0.4, -0.2) is 26.8 Å². The molecular formula is C16H19N5O2S. The second kappa shape index (κ2) is 7.75. The number of hydrogen-bond acceptors (Lipinski definition) is 5. The van der Waals surface area contributed by atoms with Crippen LogP contribution in [-0.2, 0) is 18.4 Å². The first-order valence-corrected chi connectivity index (χ1v) is 7.88. The van der Waals surface area contributed by atoms with Crippen LogP contribution in [0.1, 0.15) is 25.2 Å². The zero-order valence-corrected chi connectivity index (χ0v) is 14.6. The largest absolute Gasteiger partial charge is 0.479 e. The van der Waals surface area contributed by atoms with Crippen molar-refractivity contribution in [2.45, 2.75) is 26.5 Å². The lowest BCUT2D eigenvalue weighted by molar-refractivity contribution is -0.130. The van der Waals surface area contributed by atoms with Crippen molar-refractivity contribution in [1.82, 2.24) is 20.1 Å². The summed E-state index contributed by atoms with van der Waals surface area (Å²) in [5.41, 5.74) is 0.394. The first-order chi connectivity index (χ1) is 11.4. The van der Waals surface area contributed by atoms with Crippen LogP contribution in [0.3, 0.4) is 0 Å². The van der Waals surface area contributed by atoms with Crippen LogP contribution in [0.5, 0.6) is 5.75 Å². The van der Waals surface area contributed by atoms with E-state index in [0.29, 0.717) is 21.9 Å². The van der Waals surface area contributed by atoms with Crippen molar-refractivity contribution in [3.63, 3.8) is 0 Å². The van der Waals surface area contributed by atoms with Gasteiger partial charge in [0.2, 0.25) is 0 Å². The number of amides is 1. The number of nitrogens with zero attached hydrogens (tertiary/aromatic N) is 3. The number of nitrogens with one attached hydrogen (secondary N) is 2. The zero-order valence-electron chi connectivity index (χ0n) is 13.7. The molecule has 126 valence electrons. The molecule has 0 saturated carbocycles. The highest BCUT2D eigenvalue weighted by molar-refractivity contribution is 7.71. The van der Waals surface area contributed by atoms with Gasteiger partial charge in [-0.15, -0.1) is 0 Å². The Balaban J connectivity index is 2.09. The van der Waals surface area contributed by atoms with E-state index in [2.05, 4.69) is 21.6 Å². The molecule has 1 heterocycles. The van der Waals surface area contributed by atoms with E-state index in [1.807, 2.05) is 13.8 Å². The number of carbonyl (C=O) groups is 1. The van der Waals surface area contributed by atoms with E-state index in [4.69, 9.17) is 22.2 Å². The maximum Gasteiger partial charge on any atom is 0.261 e. The minimum atomic E-state index is -0.716. The average Bonchev–Trinajstić information content (AvgIpc) is 2.89. The molecular weight excluding hydrogens is 326 g/mol. The Labute approximate surface area is 145 Å². The molecule has 1 aromatic carbocycles. The van der Waals surface area contributed by atoms with Gasteiger partial charge in [0.05, 0.1) is 12.1 Å². The van der Waals surface area contributed by atoms with Gasteiger partial charge in [-0.1, -0.05) is 26.0 Å². The molecule has 0 aliphatic rings. The Morgan fingerprint density at radius 3 is 2.79 bits per heavy atom. The predicted octanol–water partition coefficient (Wildman–Crippen LogP) is 2.07. The van der Waals surface area contributed by atoms with Crippen LogP contribution in [0.25, 0.3) is 0 Å². The van der Waals surface area contributed by atoms with Crippen molar-refractivity contribution in [3.05, 3.63) is 40.4 Å². The number of para-hydroxylation sites is 1. The first-order valence-electron chi connectivity index (χ1n) is 7.47. The van der Waals surface area contributed by atoms with Crippen LogP contribution in [0.2, 0.25) is 0 Å². The number of ether oxygens (including phenoxy) is 1. The Morgan fingerprint density at radius 2 is 2.21 bits per heavy atom. The predicted molar refractivity (Wildman–Crippen MR) is 90.7 cm³/mol. The number of benzene rings is 1. The molecule has 2 aromatic rings. The highest BCUT2D eigenvalue weighted by Gasteiger charge is 2.25. The normalized spacial score (nSPS) is 11.8. The van der Waals surface area contributed by atoms with Crippen molar-refractivity contribution < 1.29 is 9.53 Å². The maximum absolute atomic E-state index is 12.5. The van der Waals surface area contributed by atoms with Crippen molar-refractivity contribution in [3.8, 4) is 11.8 Å². The monoisotopic (exact) mass is 345 g/mol. The van der Waals surface area contributed by atoms with Gasteiger partial charge >= 0.3 is 0 Å². The molecule has 0 aliphatic heterocycles. The molecule has 0 aliphatic carbocycles. The smallest absolute Gasteiger partial charge is 0.261 e. The topological polar surface area (TPSA) is 95.7 Å². The van der Waals surface area contributed by atoms with E-state index in [9.17, 15) is 4.79 Å². The second-order valence-electron chi connectivity index (χ2n) is 5.61. The minimum Gasteiger partial charge on any atom is -0.479 e. The van der Waals surface area contributed by atoms with Crippen molar-refractivity contribution in [2.24, 2.45) is 13.0 Å². The summed E-state index contributed by atoms with van der Waals surface area (Å²) in [5.74, 6) is 0.672. The van der Waals surface area contributed by atoms with Crippen molar-refractivity contribution in [2.75, 3.05) is 0 Å². The summed E-state index contributed by atoms with van der Waals surface area (Å²) in [5, 5.41) is 18.6. The Bertz CT molecular complexity index is 818. The number of H-pyrrole nitrogens is 1. The van der Waals surface area contributed by atoms with E-state index in [0.717, 1.165) is 0 Å². The Hall–Kier alpha value is -2.66. The van der Waals surface area contributed by atoms with Crippen LogP contribution in [0.4, 0.5) is 0 Å². The van der Waals surface area contributed by atoms with E-state index in [-0.39, 0.29) is 18.4 Å². The maximum atomic E-state index is 12.5. The molecule has 1 unspecified atom stereocenters. The number of hydrogen-bond donors (Lipinski definition) is 2. The number of carbonyl (C=O) groups excluding carboxylic acids is 1. The van der Waals surface area contributed by atoms with Crippen molar-refractivity contribution in [1.29, 1.82) is 5.26 Å². The SMILES string of the molecule is CC(C)C(Oc1ccccc1C#N)C(=O)NCc1n[nH]c(=S)n1C. The molecule has 0 radical (unpaired) electrons. The molecule has 0 bridgehead atoms. The second-order valence-corrected chi connectivity index (χ2v) is 6.00. The molecule has 2 N–H and O–H groups in total. The molecule has 1 amide bonds. The van der Waals surface area contributed by atoms with Gasteiger partial charge in [0.1, 0.15) is 11.8 Å². The third kappa shape index (κ3) is 4.00. The van der Waals surface area contributed by atoms with Gasteiger partial charge in [-0.25, -0.2) is 0 Å². The molecule has 0 saturated heterocycles. The molecule has 24 heavy (non-hydrogen) atoms. The molecule has 7 nitrogen and oxygen atoms in total. The molecule has 0 spiro atoms. The lowest BCUT2D eigenvalue weighted by Gasteiger charge is -2.22. The van der Waals surface area contributed by atoms with Gasteiger partial charge < -0.3 is 14.6 Å². The summed E-state index contributed by atoms with van der Waals surface area (Å²) >= 11 is 5.04. The highest BCUT2D eigenvalue weighted by atomic mass is 32.1. The average molecular weight is 345 g/mol. The zero-order chi connectivity index (χ0) is 17.7. The van der Waals surface area contributed by atoms with Gasteiger partial charge in [-0.2, -0.15) is 10.4 Å². The van der Waals surface area contributed by atoms with Crippen LogP contribution < -0.4 is 10.1 Å². The number of nitriles is 1. The Morgan fingerprint density at radius 1 is 1.50 bits per heavy atom. The highest BCUT2D eigenvalue weighted by Crippen LogP contribution is 2.20. The van der Waals surface area contributed by atoms with Crippen LogP contribution in [0, 0.1) is 22.0 Å². The summed E-state index contributed by atoms with van der Waals surface area (Å²) in [6.45, 7) is 4.00. The van der Waals surface area contributed by atoms with Gasteiger partial charge in [-0.3, -0.25) is 9.89 Å². The molecule has 2 rings (SSSR count). The standard InChI is InChI=1S/C16H19N5O2S/c1-10(2)14(23-12-7-5-4-6-11(12)8-17)15(22)18-9-13-19-20-16(24)21(13)3/h4-7,10,14H,9H2,1-3H3,(H,18,22)(H,20,24). The first kappa shape index (κ1) is 17.7. The molecule has 0 fully saturated rings. The van der Waals surface area contributed by atoms with Gasteiger partial charge in [0, 0.05) is 7.05 Å². The fraction of sp³-hybridized carbons (Fsp3) is 0.375. The fourth-order valence-electron chi connectivity index (χ4n) is 2.10. The quantitative estimate of drug-likeness (QED) is 0.782.